The third kappa shape index (κ3) is 3.41. The summed E-state index contributed by atoms with van der Waals surface area (Å²) < 4.78 is 37.5. The second kappa shape index (κ2) is 5.09. The molecule has 1 amide bonds. The topological polar surface area (TPSA) is 29.1 Å². The highest BCUT2D eigenvalue weighted by molar-refractivity contribution is 9.10. The molecule has 0 bridgehead atoms. The van der Waals surface area contributed by atoms with Gasteiger partial charge in [-0.2, -0.15) is 25.8 Å². The van der Waals surface area contributed by atoms with Gasteiger partial charge in [-0.3, -0.25) is 4.79 Å². The average Bonchev–Trinajstić information content (AvgIpc) is 2.19. The summed E-state index contributed by atoms with van der Waals surface area (Å²) in [5, 5.41) is 2.31. The summed E-state index contributed by atoms with van der Waals surface area (Å²) in [4.78, 5) is 11.0. The maximum Gasteiger partial charge on any atom is 0.416 e. The van der Waals surface area contributed by atoms with E-state index < -0.39 is 17.6 Å². The molecule has 1 aromatic rings. The summed E-state index contributed by atoms with van der Waals surface area (Å²) in [5.41, 5.74) is -0.737. The lowest BCUT2D eigenvalue weighted by Crippen LogP contribution is -2.14. The van der Waals surface area contributed by atoms with E-state index in [-0.39, 0.29) is 11.4 Å². The van der Waals surface area contributed by atoms with Gasteiger partial charge in [0.15, 0.2) is 0 Å². The van der Waals surface area contributed by atoms with E-state index in [1.54, 1.807) is 0 Å². The van der Waals surface area contributed by atoms with Crippen LogP contribution in [0.3, 0.4) is 0 Å². The third-order valence-electron chi connectivity index (χ3n) is 1.71. The summed E-state index contributed by atoms with van der Waals surface area (Å²) in [6, 6.07) is 3.03. The predicted octanol–water partition coefficient (Wildman–Crippen LogP) is 3.34. The minimum absolute atomic E-state index is 0.0777. The molecule has 1 rings (SSSR count). The first-order chi connectivity index (χ1) is 7.34. The van der Waals surface area contributed by atoms with Crippen molar-refractivity contribution >= 4 is 40.2 Å². The molecule has 0 aliphatic heterocycles. The van der Waals surface area contributed by atoms with Gasteiger partial charge in [-0.1, -0.05) is 0 Å². The van der Waals surface area contributed by atoms with E-state index >= 15 is 0 Å². The number of hydrogen-bond acceptors (Lipinski definition) is 2. The van der Waals surface area contributed by atoms with E-state index in [1.165, 1.54) is 6.07 Å². The Balaban J connectivity index is 3.04. The van der Waals surface area contributed by atoms with Gasteiger partial charge < -0.3 is 5.32 Å². The Morgan fingerprint density at radius 2 is 2.06 bits per heavy atom. The Kier molecular flexibility index (Phi) is 4.26. The molecule has 0 spiro atoms. The number of carbonyl (C=O) groups is 1. The molecule has 0 fully saturated rings. The number of carbonyl (C=O) groups excluding carboxylic acids is 1. The molecule has 88 valence electrons. The molecule has 0 saturated carbocycles. The second-order valence-corrected chi connectivity index (χ2v) is 4.07. The zero-order valence-corrected chi connectivity index (χ0v) is 10.3. The van der Waals surface area contributed by atoms with Gasteiger partial charge in [-0.05, 0) is 34.1 Å². The first-order valence-corrected chi connectivity index (χ1v) is 5.54. The van der Waals surface area contributed by atoms with Crippen LogP contribution in [0.2, 0.25) is 0 Å². The van der Waals surface area contributed by atoms with Gasteiger partial charge >= 0.3 is 6.18 Å². The molecule has 0 radical (unpaired) electrons. The van der Waals surface area contributed by atoms with Gasteiger partial charge in [0, 0.05) is 4.47 Å². The highest BCUT2D eigenvalue weighted by Crippen LogP contribution is 2.33. The number of anilines is 1. The lowest BCUT2D eigenvalue weighted by Gasteiger charge is -2.11. The van der Waals surface area contributed by atoms with Crippen molar-refractivity contribution in [2.45, 2.75) is 6.18 Å². The molecule has 0 aromatic heterocycles. The van der Waals surface area contributed by atoms with Crippen LogP contribution in [0.4, 0.5) is 18.9 Å². The highest BCUT2D eigenvalue weighted by Gasteiger charge is 2.31. The van der Waals surface area contributed by atoms with Crippen LogP contribution in [0, 0.1) is 0 Å². The lowest BCUT2D eigenvalue weighted by atomic mass is 10.2. The molecule has 0 aliphatic carbocycles. The number of benzene rings is 1. The van der Waals surface area contributed by atoms with Crippen LogP contribution < -0.4 is 5.32 Å². The molecule has 1 aromatic carbocycles. The zero-order chi connectivity index (χ0) is 12.3. The van der Waals surface area contributed by atoms with Crippen LogP contribution in [0.5, 0.6) is 0 Å². The van der Waals surface area contributed by atoms with E-state index in [9.17, 15) is 18.0 Å². The standard InChI is InChI=1S/C9H7BrF3NOS/c10-6-2-1-5(9(11,12)13)3-7(6)14-8(15)4-16/h1-3,16H,4H2,(H,14,15). The molecule has 16 heavy (non-hydrogen) atoms. The van der Waals surface area contributed by atoms with Crippen LogP contribution >= 0.6 is 28.6 Å². The third-order valence-corrected chi connectivity index (χ3v) is 2.69. The number of nitrogens with one attached hydrogen (secondary N) is 1. The molecule has 7 heteroatoms. The summed E-state index contributed by atoms with van der Waals surface area (Å²) in [7, 11) is 0. The van der Waals surface area contributed by atoms with Crippen LogP contribution in [0.1, 0.15) is 5.56 Å². The van der Waals surface area contributed by atoms with E-state index in [0.717, 1.165) is 12.1 Å². The first kappa shape index (κ1) is 13.4. The van der Waals surface area contributed by atoms with Crippen molar-refractivity contribution in [2.24, 2.45) is 0 Å². The quantitative estimate of drug-likeness (QED) is 0.806. The number of halogens is 4. The summed E-state index contributed by atoms with van der Waals surface area (Å²) in [6.07, 6.45) is -4.43. The number of rotatable bonds is 2. The minimum Gasteiger partial charge on any atom is -0.324 e. The van der Waals surface area contributed by atoms with Crippen molar-refractivity contribution in [2.75, 3.05) is 11.1 Å². The van der Waals surface area contributed by atoms with Gasteiger partial charge in [-0.15, -0.1) is 0 Å². The average molecular weight is 314 g/mol. The Labute approximate surface area is 104 Å². The Bertz CT molecular complexity index is 408. The molecular formula is C9H7BrF3NOS. The SMILES string of the molecule is O=C(CS)Nc1cc(C(F)(F)F)ccc1Br. The van der Waals surface area contributed by atoms with E-state index in [4.69, 9.17) is 0 Å². The van der Waals surface area contributed by atoms with Gasteiger partial charge in [0.1, 0.15) is 0 Å². The smallest absolute Gasteiger partial charge is 0.324 e. The van der Waals surface area contributed by atoms with Gasteiger partial charge in [0.05, 0.1) is 17.0 Å². The normalized spacial score (nSPS) is 11.3. The van der Waals surface area contributed by atoms with Crippen LogP contribution in [-0.4, -0.2) is 11.7 Å². The molecular weight excluding hydrogens is 307 g/mol. The first-order valence-electron chi connectivity index (χ1n) is 4.12. The van der Waals surface area contributed by atoms with Gasteiger partial charge in [0.2, 0.25) is 5.91 Å². The van der Waals surface area contributed by atoms with Gasteiger partial charge in [0.25, 0.3) is 0 Å². The zero-order valence-electron chi connectivity index (χ0n) is 7.81. The molecule has 0 unspecified atom stereocenters. The number of thiol groups is 1. The number of alkyl halides is 3. The van der Waals surface area contributed by atoms with E-state index in [1.807, 2.05) is 0 Å². The fraction of sp³-hybridized carbons (Fsp3) is 0.222. The van der Waals surface area contributed by atoms with Crippen molar-refractivity contribution in [1.29, 1.82) is 0 Å². The van der Waals surface area contributed by atoms with Crippen molar-refractivity contribution in [3.63, 3.8) is 0 Å². The van der Waals surface area contributed by atoms with Crippen LogP contribution in [0.25, 0.3) is 0 Å². The summed E-state index contributed by atoms with van der Waals surface area (Å²) in [6.45, 7) is 0. The van der Waals surface area contributed by atoms with Crippen LogP contribution in [0.15, 0.2) is 22.7 Å². The van der Waals surface area contributed by atoms with Crippen molar-refractivity contribution in [3.8, 4) is 0 Å². The fourth-order valence-electron chi connectivity index (χ4n) is 0.987. The minimum atomic E-state index is -4.43. The molecule has 0 saturated heterocycles. The van der Waals surface area contributed by atoms with Crippen molar-refractivity contribution in [1.82, 2.24) is 0 Å². The largest absolute Gasteiger partial charge is 0.416 e. The number of hydrogen-bond donors (Lipinski definition) is 2. The monoisotopic (exact) mass is 313 g/mol. The molecule has 2 nitrogen and oxygen atoms in total. The number of amides is 1. The predicted molar refractivity (Wildman–Crippen MR) is 61.6 cm³/mol. The molecule has 0 aliphatic rings. The van der Waals surface area contributed by atoms with Crippen LogP contribution in [-0.2, 0) is 11.0 Å². The molecule has 0 heterocycles. The second-order valence-electron chi connectivity index (χ2n) is 2.90. The fourth-order valence-corrected chi connectivity index (χ4v) is 1.41. The Morgan fingerprint density at radius 1 is 1.44 bits per heavy atom. The lowest BCUT2D eigenvalue weighted by molar-refractivity contribution is -0.137. The summed E-state index contributed by atoms with van der Waals surface area (Å²) in [5.74, 6) is -0.564. The van der Waals surface area contributed by atoms with E-state index in [0.29, 0.717) is 4.47 Å². The Morgan fingerprint density at radius 3 is 2.56 bits per heavy atom. The van der Waals surface area contributed by atoms with E-state index in [2.05, 4.69) is 33.9 Å². The van der Waals surface area contributed by atoms with Gasteiger partial charge in [-0.25, -0.2) is 0 Å². The highest BCUT2D eigenvalue weighted by atomic mass is 79.9. The molecule has 1 N–H and O–H groups in total. The maximum absolute atomic E-state index is 12.4. The van der Waals surface area contributed by atoms with Crippen molar-refractivity contribution in [3.05, 3.63) is 28.2 Å². The van der Waals surface area contributed by atoms with Crippen molar-refractivity contribution < 1.29 is 18.0 Å². The maximum atomic E-state index is 12.4. The molecule has 0 atom stereocenters. The Hall–Kier alpha value is -0.690. The summed E-state index contributed by atoms with van der Waals surface area (Å²) >= 11 is 6.76.